The summed E-state index contributed by atoms with van der Waals surface area (Å²) in [7, 11) is 0. The lowest BCUT2D eigenvalue weighted by Gasteiger charge is -2.21. The van der Waals surface area contributed by atoms with Gasteiger partial charge in [-0.05, 0) is 30.2 Å². The summed E-state index contributed by atoms with van der Waals surface area (Å²) in [5.74, 6) is 0.243. The molecule has 0 amide bonds. The molecule has 0 spiro atoms. The van der Waals surface area contributed by atoms with Crippen LogP contribution >= 0.6 is 11.3 Å². The standard InChI is InChI=1S/C12H16O3S/c13-12(14)11-10(6-7-16-11)15-8-9-4-2-1-3-5-9/h6-7,9H,1-5,8H2,(H,13,14). The van der Waals surface area contributed by atoms with E-state index >= 15 is 0 Å². The molecule has 0 radical (unpaired) electrons. The van der Waals surface area contributed by atoms with E-state index in [0.29, 0.717) is 23.2 Å². The molecule has 2 rings (SSSR count). The van der Waals surface area contributed by atoms with Gasteiger partial charge >= 0.3 is 5.97 Å². The van der Waals surface area contributed by atoms with Crippen LogP contribution in [0.2, 0.25) is 0 Å². The van der Waals surface area contributed by atoms with Crippen LogP contribution in [0.15, 0.2) is 11.4 Å². The molecule has 1 saturated carbocycles. The van der Waals surface area contributed by atoms with Gasteiger partial charge in [-0.25, -0.2) is 4.79 Å². The predicted octanol–water partition coefficient (Wildman–Crippen LogP) is 3.41. The molecule has 0 saturated heterocycles. The average Bonchev–Trinajstić information content (AvgIpc) is 2.76. The highest BCUT2D eigenvalue weighted by atomic mass is 32.1. The van der Waals surface area contributed by atoms with Crippen molar-refractivity contribution in [2.24, 2.45) is 5.92 Å². The zero-order valence-corrected chi connectivity index (χ0v) is 9.96. The quantitative estimate of drug-likeness (QED) is 0.877. The predicted molar refractivity (Wildman–Crippen MR) is 63.3 cm³/mol. The second-order valence-corrected chi connectivity index (χ2v) is 5.15. The fourth-order valence-corrected chi connectivity index (χ4v) is 2.80. The number of rotatable bonds is 4. The molecule has 0 unspecified atom stereocenters. The molecule has 3 nitrogen and oxygen atoms in total. The Morgan fingerprint density at radius 2 is 2.19 bits per heavy atom. The van der Waals surface area contributed by atoms with Crippen molar-refractivity contribution in [1.82, 2.24) is 0 Å². The number of carboxylic acids is 1. The molecule has 0 atom stereocenters. The second kappa shape index (κ2) is 5.34. The van der Waals surface area contributed by atoms with Gasteiger partial charge in [0, 0.05) is 0 Å². The summed E-state index contributed by atoms with van der Waals surface area (Å²) >= 11 is 1.22. The number of ether oxygens (including phenoxy) is 1. The number of hydrogen-bond acceptors (Lipinski definition) is 3. The monoisotopic (exact) mass is 240 g/mol. The Bertz CT molecular complexity index is 353. The number of carbonyl (C=O) groups is 1. The molecule has 88 valence electrons. The molecule has 1 aliphatic rings. The summed E-state index contributed by atoms with van der Waals surface area (Å²) in [6.45, 7) is 0.664. The molecule has 1 aliphatic carbocycles. The van der Waals surface area contributed by atoms with Crippen LogP contribution in [0.1, 0.15) is 41.8 Å². The molecule has 0 aliphatic heterocycles. The number of carboxylic acid groups (broad SMARTS) is 1. The van der Waals surface area contributed by atoms with E-state index in [1.54, 1.807) is 11.4 Å². The van der Waals surface area contributed by atoms with Gasteiger partial charge < -0.3 is 9.84 Å². The van der Waals surface area contributed by atoms with Gasteiger partial charge in [0.15, 0.2) is 4.88 Å². The van der Waals surface area contributed by atoms with E-state index in [4.69, 9.17) is 9.84 Å². The van der Waals surface area contributed by atoms with Gasteiger partial charge in [0.2, 0.25) is 0 Å². The van der Waals surface area contributed by atoms with E-state index < -0.39 is 5.97 Å². The summed E-state index contributed by atoms with van der Waals surface area (Å²) in [4.78, 5) is 11.2. The molecule has 0 aromatic carbocycles. The minimum atomic E-state index is -0.895. The Labute approximate surface area is 99.1 Å². The Balaban J connectivity index is 1.88. The highest BCUT2D eigenvalue weighted by molar-refractivity contribution is 7.12. The molecule has 1 fully saturated rings. The van der Waals surface area contributed by atoms with Gasteiger partial charge in [0.25, 0.3) is 0 Å². The second-order valence-electron chi connectivity index (χ2n) is 4.23. The summed E-state index contributed by atoms with van der Waals surface area (Å²) in [5, 5.41) is 10.7. The largest absolute Gasteiger partial charge is 0.492 e. The topological polar surface area (TPSA) is 46.5 Å². The van der Waals surface area contributed by atoms with Crippen molar-refractivity contribution >= 4 is 17.3 Å². The summed E-state index contributed by atoms with van der Waals surface area (Å²) in [6, 6.07) is 1.75. The molecule has 4 heteroatoms. The minimum Gasteiger partial charge on any atom is -0.492 e. The fourth-order valence-electron chi connectivity index (χ4n) is 2.13. The molecule has 0 bridgehead atoms. The Morgan fingerprint density at radius 1 is 1.44 bits per heavy atom. The van der Waals surface area contributed by atoms with Gasteiger partial charge in [-0.15, -0.1) is 11.3 Å². The van der Waals surface area contributed by atoms with Gasteiger partial charge in [-0.3, -0.25) is 0 Å². The first kappa shape index (κ1) is 11.5. The van der Waals surface area contributed by atoms with Crippen LogP contribution in [0.5, 0.6) is 5.75 Å². The van der Waals surface area contributed by atoms with Crippen LogP contribution in [-0.2, 0) is 0 Å². The van der Waals surface area contributed by atoms with E-state index in [1.165, 1.54) is 43.4 Å². The van der Waals surface area contributed by atoms with Crippen LogP contribution in [0, 0.1) is 5.92 Å². The maximum Gasteiger partial charge on any atom is 0.349 e. The Morgan fingerprint density at radius 3 is 2.88 bits per heavy atom. The van der Waals surface area contributed by atoms with Crippen LogP contribution in [0.3, 0.4) is 0 Å². The zero-order valence-electron chi connectivity index (χ0n) is 9.15. The molecule has 1 aromatic heterocycles. The molecule has 1 N–H and O–H groups in total. The first-order valence-electron chi connectivity index (χ1n) is 5.71. The van der Waals surface area contributed by atoms with Crippen molar-refractivity contribution in [1.29, 1.82) is 0 Å². The lowest BCUT2D eigenvalue weighted by atomic mass is 9.90. The molecule has 1 aromatic rings. The van der Waals surface area contributed by atoms with E-state index in [1.807, 2.05) is 0 Å². The van der Waals surface area contributed by atoms with E-state index in [2.05, 4.69) is 0 Å². The highest BCUT2D eigenvalue weighted by Crippen LogP contribution is 2.28. The molecule has 16 heavy (non-hydrogen) atoms. The molecular formula is C12H16O3S. The smallest absolute Gasteiger partial charge is 0.349 e. The lowest BCUT2D eigenvalue weighted by Crippen LogP contribution is -2.15. The number of thiophene rings is 1. The maximum atomic E-state index is 10.9. The van der Waals surface area contributed by atoms with Crippen LogP contribution in [-0.4, -0.2) is 17.7 Å². The summed E-state index contributed by atoms with van der Waals surface area (Å²) in [5.41, 5.74) is 0. The van der Waals surface area contributed by atoms with E-state index in [-0.39, 0.29) is 0 Å². The Hall–Kier alpha value is -1.03. The fraction of sp³-hybridized carbons (Fsp3) is 0.583. The van der Waals surface area contributed by atoms with Crippen molar-refractivity contribution in [3.8, 4) is 5.75 Å². The molecular weight excluding hydrogens is 224 g/mol. The van der Waals surface area contributed by atoms with Gasteiger partial charge in [-0.1, -0.05) is 19.3 Å². The third-order valence-electron chi connectivity index (χ3n) is 3.02. The SMILES string of the molecule is O=C(O)c1sccc1OCC1CCCCC1. The van der Waals surface area contributed by atoms with Crippen LogP contribution < -0.4 is 4.74 Å². The average molecular weight is 240 g/mol. The first-order valence-corrected chi connectivity index (χ1v) is 6.59. The van der Waals surface area contributed by atoms with Crippen molar-refractivity contribution in [3.63, 3.8) is 0 Å². The number of aromatic carboxylic acids is 1. The van der Waals surface area contributed by atoms with Crippen molar-refractivity contribution < 1.29 is 14.6 Å². The Kier molecular flexibility index (Phi) is 3.83. The maximum absolute atomic E-state index is 10.9. The van der Waals surface area contributed by atoms with Gasteiger partial charge in [0.1, 0.15) is 5.75 Å². The third kappa shape index (κ3) is 2.76. The van der Waals surface area contributed by atoms with Crippen molar-refractivity contribution in [3.05, 3.63) is 16.3 Å². The van der Waals surface area contributed by atoms with E-state index in [9.17, 15) is 4.79 Å². The summed E-state index contributed by atoms with van der Waals surface area (Å²) < 4.78 is 5.61. The van der Waals surface area contributed by atoms with Gasteiger partial charge in [0.05, 0.1) is 6.61 Å². The highest BCUT2D eigenvalue weighted by Gasteiger charge is 2.17. The lowest BCUT2D eigenvalue weighted by molar-refractivity contribution is 0.0696. The van der Waals surface area contributed by atoms with E-state index in [0.717, 1.165) is 0 Å². The van der Waals surface area contributed by atoms with Gasteiger partial charge in [-0.2, -0.15) is 0 Å². The van der Waals surface area contributed by atoms with Crippen molar-refractivity contribution in [2.75, 3.05) is 6.61 Å². The third-order valence-corrected chi connectivity index (χ3v) is 3.91. The zero-order chi connectivity index (χ0) is 11.4. The van der Waals surface area contributed by atoms with Crippen LogP contribution in [0.4, 0.5) is 0 Å². The van der Waals surface area contributed by atoms with Crippen LogP contribution in [0.25, 0.3) is 0 Å². The minimum absolute atomic E-state index is 0.316. The molecule has 1 heterocycles. The normalized spacial score (nSPS) is 17.2. The van der Waals surface area contributed by atoms with Crippen molar-refractivity contribution in [2.45, 2.75) is 32.1 Å². The number of hydrogen-bond donors (Lipinski definition) is 1. The summed E-state index contributed by atoms with van der Waals surface area (Å²) in [6.07, 6.45) is 6.32. The first-order chi connectivity index (χ1) is 7.77.